The number of nitrogens with one attached hydrogen (secondary N) is 1. The lowest BCUT2D eigenvalue weighted by molar-refractivity contribution is 0.413. The lowest BCUT2D eigenvalue weighted by Gasteiger charge is -2.03. The number of benzene rings is 1. The zero-order chi connectivity index (χ0) is 9.19. The predicted octanol–water partition coefficient (Wildman–Crippen LogP) is 1.73. The normalized spacial score (nSPS) is 15.2. The fraction of sp³-hybridized carbons (Fsp3) is 0.250. The second-order valence-corrected chi connectivity index (χ2v) is 4.68. The maximum Gasteiger partial charge on any atom is 0.120 e. The molecule has 3 nitrogen and oxygen atoms in total. The molecule has 0 unspecified atom stereocenters. The third kappa shape index (κ3) is 1.98. The highest BCUT2D eigenvalue weighted by molar-refractivity contribution is 7.91. The van der Waals surface area contributed by atoms with Crippen molar-refractivity contribution in [3.63, 3.8) is 0 Å². The lowest BCUT2D eigenvalue weighted by atomic mass is 10.3. The van der Waals surface area contributed by atoms with Crippen LogP contribution in [0.4, 0.5) is 0 Å². The fourth-order valence-electron chi connectivity index (χ4n) is 0.843. The van der Waals surface area contributed by atoms with Crippen LogP contribution < -0.4 is 4.74 Å². The molecule has 0 radical (unpaired) electrons. The molecule has 1 atom stereocenters. The van der Waals surface area contributed by atoms with Crippen LogP contribution in [-0.2, 0) is 9.73 Å². The van der Waals surface area contributed by atoms with E-state index in [1.807, 2.05) is 0 Å². The highest BCUT2D eigenvalue weighted by Gasteiger charge is 2.02. The van der Waals surface area contributed by atoms with Crippen molar-refractivity contribution < 1.29 is 8.95 Å². The minimum Gasteiger partial charge on any atom is -0.497 e. The number of ether oxygens (including phenoxy) is 1. The second kappa shape index (κ2) is 3.15. The molecule has 0 aliphatic rings. The summed E-state index contributed by atoms with van der Waals surface area (Å²) in [6.45, 7) is 0. The molecule has 1 rings (SSSR count). The molecule has 0 fully saturated rings. The molecule has 0 saturated carbocycles. The molecule has 1 aromatic carbocycles. The van der Waals surface area contributed by atoms with Crippen molar-refractivity contribution in [2.75, 3.05) is 13.4 Å². The van der Waals surface area contributed by atoms with E-state index in [-0.39, 0.29) is 0 Å². The summed E-state index contributed by atoms with van der Waals surface area (Å²) in [4.78, 5) is 0.502. The van der Waals surface area contributed by atoms with Crippen LogP contribution in [0.5, 0.6) is 5.75 Å². The van der Waals surface area contributed by atoms with E-state index >= 15 is 0 Å². The van der Waals surface area contributed by atoms with E-state index in [1.165, 1.54) is 6.26 Å². The van der Waals surface area contributed by atoms with Gasteiger partial charge in [0.15, 0.2) is 0 Å². The van der Waals surface area contributed by atoms with Crippen molar-refractivity contribution in [1.82, 2.24) is 0 Å². The van der Waals surface area contributed by atoms with Gasteiger partial charge in [0.25, 0.3) is 0 Å². The van der Waals surface area contributed by atoms with Crippen LogP contribution in [0.1, 0.15) is 0 Å². The molecule has 0 saturated heterocycles. The molecule has 4 heteroatoms. The zero-order valence-corrected chi connectivity index (χ0v) is 7.85. The Hall–Kier alpha value is -1.03. The summed E-state index contributed by atoms with van der Waals surface area (Å²) in [7, 11) is -1.07. The first-order chi connectivity index (χ1) is 5.54. The van der Waals surface area contributed by atoms with Gasteiger partial charge < -0.3 is 4.74 Å². The number of rotatable bonds is 2. The Labute approximate surface area is 72.3 Å². The summed E-state index contributed by atoms with van der Waals surface area (Å²) >= 11 is 0. The largest absolute Gasteiger partial charge is 0.497 e. The van der Waals surface area contributed by atoms with Crippen LogP contribution in [0.2, 0.25) is 0 Å². The van der Waals surface area contributed by atoms with Crippen molar-refractivity contribution in [3.8, 4) is 5.75 Å². The molecular formula is C8H11NO2S. The van der Waals surface area contributed by atoms with Crippen LogP contribution in [0, 0.1) is 4.78 Å². The standard InChI is InChI=1S/C8H11NO2S/c1-11-7-4-3-5-8(6-7)12(2,9)10/h3-6,9H,1-2H3/t12-/m1/s1. The molecule has 0 amide bonds. The first-order valence-electron chi connectivity index (χ1n) is 3.42. The monoisotopic (exact) mass is 185 g/mol. The van der Waals surface area contributed by atoms with Gasteiger partial charge in [-0.05, 0) is 18.2 Å². The summed E-state index contributed by atoms with van der Waals surface area (Å²) in [5.41, 5.74) is 0. The molecule has 0 aromatic heterocycles. The quantitative estimate of drug-likeness (QED) is 0.762. The van der Waals surface area contributed by atoms with E-state index in [4.69, 9.17) is 9.52 Å². The van der Waals surface area contributed by atoms with Crippen LogP contribution in [0.15, 0.2) is 29.2 Å². The molecule has 0 aliphatic heterocycles. The maximum absolute atomic E-state index is 11.3. The van der Waals surface area contributed by atoms with E-state index < -0.39 is 9.73 Å². The van der Waals surface area contributed by atoms with E-state index in [0.29, 0.717) is 10.6 Å². The SMILES string of the molecule is COc1cccc([S@](C)(=N)=O)c1. The molecule has 1 aromatic rings. The van der Waals surface area contributed by atoms with Crippen molar-refractivity contribution in [2.45, 2.75) is 4.90 Å². The second-order valence-electron chi connectivity index (χ2n) is 2.52. The average Bonchev–Trinajstić information content (AvgIpc) is 2.03. The molecule has 12 heavy (non-hydrogen) atoms. The Morgan fingerprint density at radius 1 is 1.50 bits per heavy atom. The first kappa shape index (κ1) is 9.06. The Kier molecular flexibility index (Phi) is 2.38. The van der Waals surface area contributed by atoms with Gasteiger partial charge in [-0.25, -0.2) is 8.99 Å². The van der Waals surface area contributed by atoms with Crippen molar-refractivity contribution in [3.05, 3.63) is 24.3 Å². The number of hydrogen-bond acceptors (Lipinski definition) is 3. The van der Waals surface area contributed by atoms with Gasteiger partial charge in [0, 0.05) is 6.26 Å². The van der Waals surface area contributed by atoms with Crippen LogP contribution in [0.3, 0.4) is 0 Å². The van der Waals surface area contributed by atoms with Gasteiger partial charge >= 0.3 is 0 Å². The Balaban J connectivity index is 3.20. The van der Waals surface area contributed by atoms with Gasteiger partial charge in [-0.2, -0.15) is 0 Å². The topological polar surface area (TPSA) is 50.1 Å². The molecule has 0 heterocycles. The molecule has 0 aliphatic carbocycles. The highest BCUT2D eigenvalue weighted by atomic mass is 32.2. The van der Waals surface area contributed by atoms with Gasteiger partial charge in [-0.1, -0.05) is 6.07 Å². The summed E-state index contributed by atoms with van der Waals surface area (Å²) in [5.74, 6) is 0.634. The third-order valence-electron chi connectivity index (χ3n) is 1.49. The molecule has 0 spiro atoms. The number of methoxy groups -OCH3 is 1. The smallest absolute Gasteiger partial charge is 0.120 e. The van der Waals surface area contributed by atoms with E-state index in [2.05, 4.69) is 0 Å². The highest BCUT2D eigenvalue weighted by Crippen LogP contribution is 2.16. The van der Waals surface area contributed by atoms with Crippen LogP contribution >= 0.6 is 0 Å². The molecular weight excluding hydrogens is 174 g/mol. The molecule has 1 N–H and O–H groups in total. The minimum atomic E-state index is -2.62. The summed E-state index contributed by atoms with van der Waals surface area (Å²) in [5, 5.41) is 0. The van der Waals surface area contributed by atoms with E-state index in [9.17, 15) is 4.21 Å². The minimum absolute atomic E-state index is 0.502. The van der Waals surface area contributed by atoms with Crippen molar-refractivity contribution >= 4 is 9.73 Å². The fourth-order valence-corrected chi connectivity index (χ4v) is 1.52. The number of hydrogen-bond donors (Lipinski definition) is 1. The Morgan fingerprint density at radius 2 is 2.17 bits per heavy atom. The van der Waals surface area contributed by atoms with Gasteiger partial charge in [0.05, 0.1) is 21.7 Å². The van der Waals surface area contributed by atoms with Gasteiger partial charge in [0.2, 0.25) is 0 Å². The average molecular weight is 185 g/mol. The Bertz CT molecular complexity index is 370. The van der Waals surface area contributed by atoms with Crippen molar-refractivity contribution in [1.29, 1.82) is 4.78 Å². The van der Waals surface area contributed by atoms with Gasteiger partial charge in [0.1, 0.15) is 5.75 Å². The van der Waals surface area contributed by atoms with Crippen LogP contribution in [0.25, 0.3) is 0 Å². The van der Waals surface area contributed by atoms with E-state index in [1.54, 1.807) is 31.4 Å². The third-order valence-corrected chi connectivity index (χ3v) is 2.64. The first-order valence-corrected chi connectivity index (χ1v) is 5.38. The van der Waals surface area contributed by atoms with Gasteiger partial charge in [-0.3, -0.25) is 0 Å². The van der Waals surface area contributed by atoms with Gasteiger partial charge in [-0.15, -0.1) is 0 Å². The summed E-state index contributed by atoms with van der Waals surface area (Å²) < 4.78 is 23.5. The van der Waals surface area contributed by atoms with Crippen molar-refractivity contribution in [2.24, 2.45) is 0 Å². The predicted molar refractivity (Wildman–Crippen MR) is 48.0 cm³/mol. The lowest BCUT2D eigenvalue weighted by Crippen LogP contribution is -1.94. The molecule has 0 bridgehead atoms. The van der Waals surface area contributed by atoms with Crippen LogP contribution in [-0.4, -0.2) is 17.6 Å². The summed E-state index contributed by atoms with van der Waals surface area (Å²) in [6, 6.07) is 6.77. The summed E-state index contributed by atoms with van der Waals surface area (Å²) in [6.07, 6.45) is 1.39. The Morgan fingerprint density at radius 3 is 2.67 bits per heavy atom. The van der Waals surface area contributed by atoms with E-state index in [0.717, 1.165) is 0 Å². The maximum atomic E-state index is 11.3. The zero-order valence-electron chi connectivity index (χ0n) is 7.03. The molecule has 66 valence electrons.